The fourth-order valence-electron chi connectivity index (χ4n) is 4.96. The van der Waals surface area contributed by atoms with E-state index in [4.69, 9.17) is 10.5 Å². The minimum absolute atomic E-state index is 0.0911. The van der Waals surface area contributed by atoms with Gasteiger partial charge in [0.1, 0.15) is 11.6 Å². The molecule has 214 valence electrons. The topological polar surface area (TPSA) is 126 Å². The minimum Gasteiger partial charge on any atom is -0.494 e. The molecule has 4 N–H and O–H groups in total. The molecule has 4 aromatic rings. The largest absolute Gasteiger partial charge is 0.494 e. The molecule has 0 spiro atoms. The first-order valence-electron chi connectivity index (χ1n) is 13.9. The van der Waals surface area contributed by atoms with E-state index in [-0.39, 0.29) is 18.5 Å². The van der Waals surface area contributed by atoms with E-state index in [1.54, 1.807) is 23.5 Å². The van der Waals surface area contributed by atoms with Gasteiger partial charge in [0.05, 0.1) is 18.1 Å². The van der Waals surface area contributed by atoms with Crippen molar-refractivity contribution in [1.82, 2.24) is 19.9 Å². The normalized spacial score (nSPS) is 12.8. The Morgan fingerprint density at radius 2 is 1.90 bits per heavy atom. The molecule has 9 nitrogen and oxygen atoms in total. The predicted molar refractivity (Wildman–Crippen MR) is 162 cm³/mol. The van der Waals surface area contributed by atoms with Gasteiger partial charge in [0.15, 0.2) is 5.82 Å². The van der Waals surface area contributed by atoms with E-state index in [0.717, 1.165) is 43.5 Å². The number of anilines is 2. The fourth-order valence-corrected chi connectivity index (χ4v) is 6.11. The number of nitrogens with zero attached hydrogens (tertiary/aromatic N) is 4. The molecule has 0 aliphatic heterocycles. The Bertz CT molecular complexity index is 1480. The van der Waals surface area contributed by atoms with Gasteiger partial charge in [-0.2, -0.15) is 9.97 Å². The molecule has 0 radical (unpaired) electrons. The van der Waals surface area contributed by atoms with Gasteiger partial charge in [0.25, 0.3) is 5.91 Å². The number of hydrogen-bond donors (Lipinski definition) is 3. The maximum absolute atomic E-state index is 13.1. The van der Waals surface area contributed by atoms with Crippen molar-refractivity contribution in [2.24, 2.45) is 0 Å². The number of aryl methyl sites for hydroxylation is 2. The number of hydrogen-bond acceptors (Lipinski definition) is 9. The second-order valence-corrected chi connectivity index (χ2v) is 11.6. The minimum atomic E-state index is -0.302. The maximum atomic E-state index is 13.1. The van der Waals surface area contributed by atoms with Crippen LogP contribution in [0.5, 0.6) is 5.75 Å². The molecule has 41 heavy (non-hydrogen) atoms. The third-order valence-electron chi connectivity index (χ3n) is 7.05. The van der Waals surface area contributed by atoms with Gasteiger partial charge < -0.3 is 25.8 Å². The lowest BCUT2D eigenvalue weighted by atomic mass is 9.99. The molecule has 0 saturated carbocycles. The van der Waals surface area contributed by atoms with E-state index in [0.29, 0.717) is 46.4 Å². The summed E-state index contributed by atoms with van der Waals surface area (Å²) in [7, 11) is 4.09. The fraction of sp³-hybridized carbons (Fsp3) is 0.355. The zero-order chi connectivity index (χ0) is 28.8. The van der Waals surface area contributed by atoms with Crippen molar-refractivity contribution in [2.75, 3.05) is 38.3 Å². The van der Waals surface area contributed by atoms with Crippen LogP contribution in [0.1, 0.15) is 56.3 Å². The zero-order valence-electron chi connectivity index (χ0n) is 23.5. The SMILES string of the molecule is CN(C)CCCOc1ccc(Cc2nc(N)nc(-c3cccc(NC(=O)c4cc5c(s4)CCCC5)c3CO)n2)cc1. The molecule has 1 amide bonds. The van der Waals surface area contributed by atoms with Gasteiger partial charge in [-0.05, 0) is 81.6 Å². The van der Waals surface area contributed by atoms with Crippen molar-refractivity contribution in [1.29, 1.82) is 0 Å². The second kappa shape index (κ2) is 13.2. The molecule has 0 fully saturated rings. The van der Waals surface area contributed by atoms with Crippen molar-refractivity contribution in [3.05, 3.63) is 80.8 Å². The molecule has 10 heteroatoms. The number of aliphatic hydroxyl groups excluding tert-OH is 1. The lowest BCUT2D eigenvalue weighted by Crippen LogP contribution is -2.15. The molecule has 0 bridgehead atoms. The van der Waals surface area contributed by atoms with Crippen LogP contribution in [0.15, 0.2) is 48.5 Å². The van der Waals surface area contributed by atoms with Gasteiger partial charge in [0, 0.05) is 34.7 Å². The Kier molecular flexibility index (Phi) is 9.23. The van der Waals surface area contributed by atoms with Crippen molar-refractivity contribution in [3.63, 3.8) is 0 Å². The van der Waals surface area contributed by atoms with Crippen LogP contribution in [0.2, 0.25) is 0 Å². The molecule has 0 atom stereocenters. The Labute approximate surface area is 244 Å². The molecule has 2 heterocycles. The lowest BCUT2D eigenvalue weighted by Gasteiger charge is -2.14. The number of carbonyl (C=O) groups excluding carboxylic acids is 1. The third kappa shape index (κ3) is 7.27. The average Bonchev–Trinajstić information content (AvgIpc) is 3.40. The number of thiophene rings is 1. The first-order chi connectivity index (χ1) is 19.9. The third-order valence-corrected chi connectivity index (χ3v) is 8.28. The van der Waals surface area contributed by atoms with Gasteiger partial charge in [-0.25, -0.2) is 4.98 Å². The summed E-state index contributed by atoms with van der Waals surface area (Å²) >= 11 is 1.55. The van der Waals surface area contributed by atoms with Crippen LogP contribution in [0.4, 0.5) is 11.6 Å². The van der Waals surface area contributed by atoms with E-state index >= 15 is 0 Å². The van der Waals surface area contributed by atoms with E-state index in [1.807, 2.05) is 50.5 Å². The predicted octanol–water partition coefficient (Wildman–Crippen LogP) is 4.73. The lowest BCUT2D eigenvalue weighted by molar-refractivity contribution is 0.103. The summed E-state index contributed by atoms with van der Waals surface area (Å²) in [5.41, 5.74) is 9.99. The van der Waals surface area contributed by atoms with Gasteiger partial charge in [-0.1, -0.05) is 24.3 Å². The number of rotatable bonds is 11. The summed E-state index contributed by atoms with van der Waals surface area (Å²) in [5, 5.41) is 13.3. The van der Waals surface area contributed by atoms with Crippen LogP contribution < -0.4 is 15.8 Å². The number of nitrogen functional groups attached to an aromatic ring is 1. The van der Waals surface area contributed by atoms with Gasteiger partial charge in [-0.15, -0.1) is 11.3 Å². The molecule has 0 saturated heterocycles. The average molecular weight is 573 g/mol. The van der Waals surface area contributed by atoms with Crippen molar-refractivity contribution < 1.29 is 14.6 Å². The first-order valence-corrected chi connectivity index (χ1v) is 14.7. The first kappa shape index (κ1) is 28.7. The van der Waals surface area contributed by atoms with Crippen LogP contribution in [-0.2, 0) is 25.9 Å². The Hall–Kier alpha value is -3.86. The number of ether oxygens (including phenoxy) is 1. The molecular formula is C31H36N6O3S. The summed E-state index contributed by atoms with van der Waals surface area (Å²) in [6.07, 6.45) is 5.79. The molecule has 5 rings (SSSR count). The van der Waals surface area contributed by atoms with E-state index in [2.05, 4.69) is 25.2 Å². The van der Waals surface area contributed by atoms with Crippen molar-refractivity contribution >= 4 is 28.9 Å². The quantitative estimate of drug-likeness (QED) is 0.220. The number of aliphatic hydroxyl groups is 1. The number of carbonyl (C=O) groups is 1. The molecule has 2 aromatic carbocycles. The van der Waals surface area contributed by atoms with Crippen LogP contribution >= 0.6 is 11.3 Å². The summed E-state index contributed by atoms with van der Waals surface area (Å²) in [5.74, 6) is 1.58. The van der Waals surface area contributed by atoms with Crippen LogP contribution in [0.25, 0.3) is 11.4 Å². The highest BCUT2D eigenvalue weighted by Crippen LogP contribution is 2.32. The second-order valence-electron chi connectivity index (χ2n) is 10.5. The molecular weight excluding hydrogens is 536 g/mol. The molecule has 1 aliphatic rings. The Morgan fingerprint density at radius 1 is 1.10 bits per heavy atom. The highest BCUT2D eigenvalue weighted by Gasteiger charge is 2.20. The highest BCUT2D eigenvalue weighted by atomic mass is 32.1. The maximum Gasteiger partial charge on any atom is 0.265 e. The Morgan fingerprint density at radius 3 is 2.66 bits per heavy atom. The van der Waals surface area contributed by atoms with Crippen LogP contribution in [-0.4, -0.2) is 58.1 Å². The van der Waals surface area contributed by atoms with Gasteiger partial charge in [0.2, 0.25) is 5.95 Å². The number of nitrogens with two attached hydrogens (primary N) is 1. The molecule has 2 aromatic heterocycles. The monoisotopic (exact) mass is 572 g/mol. The van der Waals surface area contributed by atoms with Crippen LogP contribution in [0.3, 0.4) is 0 Å². The van der Waals surface area contributed by atoms with Gasteiger partial charge in [-0.3, -0.25) is 4.79 Å². The zero-order valence-corrected chi connectivity index (χ0v) is 24.3. The Balaban J connectivity index is 1.31. The number of fused-ring (bicyclic) bond motifs is 1. The van der Waals surface area contributed by atoms with E-state index < -0.39 is 0 Å². The van der Waals surface area contributed by atoms with E-state index in [9.17, 15) is 9.90 Å². The van der Waals surface area contributed by atoms with Gasteiger partial charge >= 0.3 is 0 Å². The molecule has 0 unspecified atom stereocenters. The van der Waals surface area contributed by atoms with Crippen molar-refractivity contribution in [3.8, 4) is 17.1 Å². The van der Waals surface area contributed by atoms with Crippen LogP contribution in [0, 0.1) is 0 Å². The van der Waals surface area contributed by atoms with E-state index in [1.165, 1.54) is 16.9 Å². The smallest absolute Gasteiger partial charge is 0.265 e. The van der Waals surface area contributed by atoms with Crippen molar-refractivity contribution in [2.45, 2.75) is 45.1 Å². The summed E-state index contributed by atoms with van der Waals surface area (Å²) in [6.45, 7) is 1.33. The summed E-state index contributed by atoms with van der Waals surface area (Å²) in [6, 6.07) is 15.2. The number of aromatic nitrogens is 3. The number of nitrogens with one attached hydrogen (secondary N) is 1. The highest BCUT2D eigenvalue weighted by molar-refractivity contribution is 7.14. The standard InChI is InChI=1S/C31H36N6O3S/c1-37(2)15-6-16-40-22-13-11-20(12-14-22)17-28-34-29(36-31(32)35-28)23-8-5-9-25(24(23)19-38)33-30(39)27-18-21-7-3-4-10-26(21)41-27/h5,8-9,11-14,18,38H,3-4,6-7,10,15-17,19H2,1-2H3,(H,33,39)(H2,32,34,35,36). The number of amides is 1. The summed E-state index contributed by atoms with van der Waals surface area (Å²) in [4.78, 5) is 30.6. The molecule has 1 aliphatic carbocycles. The number of benzene rings is 2. The summed E-state index contributed by atoms with van der Waals surface area (Å²) < 4.78 is 5.83.